The van der Waals surface area contributed by atoms with Gasteiger partial charge in [-0.15, -0.1) is 24.2 Å². The monoisotopic (exact) mass is 397 g/mol. The van der Waals surface area contributed by atoms with Crippen LogP contribution in [0.2, 0.25) is 5.02 Å². The maximum Gasteiger partial charge on any atom is 0.167 e. The summed E-state index contributed by atoms with van der Waals surface area (Å²) < 4.78 is 1.82. The summed E-state index contributed by atoms with van der Waals surface area (Å²) in [5.41, 5.74) is 1.75. The Labute approximate surface area is 163 Å². The lowest BCUT2D eigenvalue weighted by atomic mass is 10.3. The van der Waals surface area contributed by atoms with Gasteiger partial charge in [-0.1, -0.05) is 25.4 Å². The molecule has 0 aliphatic heterocycles. The average molecular weight is 398 g/mol. The molecule has 3 rings (SSSR count). The van der Waals surface area contributed by atoms with Crippen molar-refractivity contribution in [3.63, 3.8) is 0 Å². The second-order valence-electron chi connectivity index (χ2n) is 5.32. The highest BCUT2D eigenvalue weighted by atomic mass is 35.5. The summed E-state index contributed by atoms with van der Waals surface area (Å²) in [4.78, 5) is 11.2. The fraction of sp³-hybridized carbons (Fsp3) is 0.353. The van der Waals surface area contributed by atoms with Gasteiger partial charge in [0, 0.05) is 17.3 Å². The molecule has 134 valence electrons. The van der Waals surface area contributed by atoms with Crippen LogP contribution < -0.4 is 0 Å². The zero-order chi connectivity index (χ0) is 16.9. The SMILES string of the molecule is CCN(CC)CCSc1ncnc2c1cnn2-c1ccc(Cl)cc1.Cl. The second kappa shape index (κ2) is 9.38. The fourth-order valence-electron chi connectivity index (χ4n) is 2.52. The average Bonchev–Trinajstić information content (AvgIpc) is 3.04. The number of thioether (sulfide) groups is 1. The van der Waals surface area contributed by atoms with E-state index < -0.39 is 0 Å². The Kier molecular flexibility index (Phi) is 7.50. The van der Waals surface area contributed by atoms with Crippen molar-refractivity contribution in [2.75, 3.05) is 25.4 Å². The van der Waals surface area contributed by atoms with Gasteiger partial charge in [0.1, 0.15) is 11.4 Å². The Morgan fingerprint density at radius 1 is 1.12 bits per heavy atom. The second-order valence-corrected chi connectivity index (χ2v) is 6.84. The van der Waals surface area contributed by atoms with E-state index >= 15 is 0 Å². The number of fused-ring (bicyclic) bond motifs is 1. The maximum absolute atomic E-state index is 5.96. The predicted octanol–water partition coefficient (Wildman–Crippen LogP) is 4.32. The first-order valence-corrected chi connectivity index (χ1v) is 9.39. The number of aromatic nitrogens is 4. The van der Waals surface area contributed by atoms with E-state index in [0.717, 1.165) is 47.1 Å². The van der Waals surface area contributed by atoms with Crippen molar-refractivity contribution in [1.29, 1.82) is 0 Å². The van der Waals surface area contributed by atoms with Gasteiger partial charge < -0.3 is 4.90 Å². The minimum Gasteiger partial charge on any atom is -0.303 e. The molecule has 0 atom stereocenters. The van der Waals surface area contributed by atoms with E-state index in [-0.39, 0.29) is 12.4 Å². The molecule has 0 bridgehead atoms. The van der Waals surface area contributed by atoms with Gasteiger partial charge in [-0.2, -0.15) is 5.10 Å². The molecule has 0 radical (unpaired) electrons. The van der Waals surface area contributed by atoms with Crippen molar-refractivity contribution in [1.82, 2.24) is 24.6 Å². The van der Waals surface area contributed by atoms with E-state index in [1.54, 1.807) is 18.1 Å². The number of nitrogens with zero attached hydrogens (tertiary/aromatic N) is 5. The first-order chi connectivity index (χ1) is 11.7. The highest BCUT2D eigenvalue weighted by Crippen LogP contribution is 2.26. The zero-order valence-electron chi connectivity index (χ0n) is 14.2. The molecular weight excluding hydrogens is 377 g/mol. The molecule has 0 spiro atoms. The molecule has 1 aromatic carbocycles. The van der Waals surface area contributed by atoms with E-state index in [0.29, 0.717) is 5.02 Å². The van der Waals surface area contributed by atoms with Crippen LogP contribution in [-0.4, -0.2) is 50.0 Å². The molecule has 3 aromatic rings. The molecule has 0 aliphatic carbocycles. The van der Waals surface area contributed by atoms with Crippen LogP contribution in [0.25, 0.3) is 16.7 Å². The lowest BCUT2D eigenvalue weighted by molar-refractivity contribution is 0.324. The molecule has 2 heterocycles. The molecule has 2 aromatic heterocycles. The molecule has 0 unspecified atom stereocenters. The van der Waals surface area contributed by atoms with Crippen LogP contribution in [0.4, 0.5) is 0 Å². The van der Waals surface area contributed by atoms with Crippen LogP contribution in [0.1, 0.15) is 13.8 Å². The van der Waals surface area contributed by atoms with Gasteiger partial charge in [0.25, 0.3) is 0 Å². The molecule has 0 N–H and O–H groups in total. The van der Waals surface area contributed by atoms with Gasteiger partial charge in [-0.25, -0.2) is 14.6 Å². The Morgan fingerprint density at radius 2 is 1.84 bits per heavy atom. The van der Waals surface area contributed by atoms with Gasteiger partial charge >= 0.3 is 0 Å². The molecule has 8 heteroatoms. The minimum atomic E-state index is 0. The van der Waals surface area contributed by atoms with Crippen molar-refractivity contribution in [3.8, 4) is 5.69 Å². The largest absolute Gasteiger partial charge is 0.303 e. The van der Waals surface area contributed by atoms with E-state index in [2.05, 4.69) is 33.8 Å². The topological polar surface area (TPSA) is 46.8 Å². The van der Waals surface area contributed by atoms with E-state index in [4.69, 9.17) is 11.6 Å². The number of halogens is 2. The van der Waals surface area contributed by atoms with Crippen molar-refractivity contribution in [2.24, 2.45) is 0 Å². The van der Waals surface area contributed by atoms with Crippen LogP contribution in [0.5, 0.6) is 0 Å². The number of hydrogen-bond acceptors (Lipinski definition) is 5. The van der Waals surface area contributed by atoms with Gasteiger partial charge in [0.15, 0.2) is 5.65 Å². The van der Waals surface area contributed by atoms with Crippen molar-refractivity contribution in [2.45, 2.75) is 18.9 Å². The van der Waals surface area contributed by atoms with Crippen LogP contribution in [-0.2, 0) is 0 Å². The summed E-state index contributed by atoms with van der Waals surface area (Å²) in [6.07, 6.45) is 3.44. The number of benzene rings is 1. The van der Waals surface area contributed by atoms with Crippen molar-refractivity contribution in [3.05, 3.63) is 41.8 Å². The maximum atomic E-state index is 5.96. The summed E-state index contributed by atoms with van der Waals surface area (Å²) in [5, 5.41) is 7.15. The standard InChI is InChI=1S/C17H20ClN5S.ClH/c1-3-22(4-2)9-10-24-17-15-11-21-23(16(15)19-12-20-17)14-7-5-13(18)6-8-14;/h5-8,11-12H,3-4,9-10H2,1-2H3;1H. The Morgan fingerprint density at radius 3 is 2.52 bits per heavy atom. The van der Waals surface area contributed by atoms with Crippen molar-refractivity contribution < 1.29 is 0 Å². The van der Waals surface area contributed by atoms with Crippen molar-refractivity contribution >= 4 is 46.8 Å². The molecular formula is C17H21Cl2N5S. The van der Waals surface area contributed by atoms with E-state index in [1.165, 1.54) is 0 Å². The lowest BCUT2D eigenvalue weighted by Crippen LogP contribution is -2.25. The minimum absolute atomic E-state index is 0. The first kappa shape index (κ1) is 20.0. The highest BCUT2D eigenvalue weighted by Gasteiger charge is 2.12. The van der Waals surface area contributed by atoms with Gasteiger partial charge in [-0.3, -0.25) is 0 Å². The van der Waals surface area contributed by atoms with Gasteiger partial charge in [0.05, 0.1) is 17.3 Å². The van der Waals surface area contributed by atoms with Crippen LogP contribution >= 0.6 is 35.8 Å². The molecule has 0 saturated carbocycles. The molecule has 0 saturated heterocycles. The summed E-state index contributed by atoms with van der Waals surface area (Å²) in [5.74, 6) is 1.000. The number of hydrogen-bond donors (Lipinski definition) is 0. The molecule has 25 heavy (non-hydrogen) atoms. The van der Waals surface area contributed by atoms with E-state index in [1.807, 2.05) is 35.1 Å². The summed E-state index contributed by atoms with van der Waals surface area (Å²) >= 11 is 7.71. The third-order valence-corrected chi connectivity index (χ3v) is 5.18. The number of rotatable bonds is 7. The zero-order valence-corrected chi connectivity index (χ0v) is 16.6. The fourth-order valence-corrected chi connectivity index (χ4v) is 3.61. The highest BCUT2D eigenvalue weighted by molar-refractivity contribution is 7.99. The Balaban J connectivity index is 0.00000225. The molecule has 0 aliphatic rings. The smallest absolute Gasteiger partial charge is 0.167 e. The van der Waals surface area contributed by atoms with Gasteiger partial charge in [0.2, 0.25) is 0 Å². The van der Waals surface area contributed by atoms with Crippen LogP contribution in [0.3, 0.4) is 0 Å². The van der Waals surface area contributed by atoms with Crippen LogP contribution in [0.15, 0.2) is 41.8 Å². The molecule has 0 amide bonds. The normalized spacial score (nSPS) is 11.0. The molecule has 5 nitrogen and oxygen atoms in total. The lowest BCUT2D eigenvalue weighted by Gasteiger charge is -2.17. The Hall–Kier alpha value is -1.34. The van der Waals surface area contributed by atoms with Gasteiger partial charge in [-0.05, 0) is 37.4 Å². The summed E-state index contributed by atoms with van der Waals surface area (Å²) in [6, 6.07) is 7.57. The molecule has 0 fully saturated rings. The predicted molar refractivity (Wildman–Crippen MR) is 107 cm³/mol. The third kappa shape index (κ3) is 4.64. The quantitative estimate of drug-likeness (QED) is 0.438. The first-order valence-electron chi connectivity index (χ1n) is 8.02. The third-order valence-electron chi connectivity index (χ3n) is 3.94. The Bertz CT molecular complexity index is 802. The van der Waals surface area contributed by atoms with Crippen LogP contribution in [0, 0.1) is 0 Å². The van der Waals surface area contributed by atoms with E-state index in [9.17, 15) is 0 Å². The summed E-state index contributed by atoms with van der Waals surface area (Å²) in [6.45, 7) is 7.57. The summed E-state index contributed by atoms with van der Waals surface area (Å²) in [7, 11) is 0.